The van der Waals surface area contributed by atoms with Gasteiger partial charge in [-0.3, -0.25) is 4.79 Å². The molecule has 2 rings (SSSR count). The topological polar surface area (TPSA) is 69.1 Å². The molecule has 0 aromatic rings. The highest BCUT2D eigenvalue weighted by Crippen LogP contribution is 2.31. The van der Waals surface area contributed by atoms with E-state index >= 15 is 0 Å². The molecule has 0 aromatic heterocycles. The first-order valence-electron chi connectivity index (χ1n) is 5.47. The Morgan fingerprint density at radius 3 is 2.94 bits per heavy atom. The van der Waals surface area contributed by atoms with Crippen LogP contribution in [0.5, 0.6) is 0 Å². The van der Waals surface area contributed by atoms with Crippen LogP contribution in [0.1, 0.15) is 12.8 Å². The quantitative estimate of drug-likeness (QED) is 0.681. The maximum Gasteiger partial charge on any atom is 0.146 e. The number of rotatable bonds is 2. The number of hydrogen-bond donors (Lipinski definition) is 2. The van der Waals surface area contributed by atoms with Gasteiger partial charge in [-0.15, -0.1) is 0 Å². The summed E-state index contributed by atoms with van der Waals surface area (Å²) in [6.07, 6.45) is 12.2. The van der Waals surface area contributed by atoms with Crippen molar-refractivity contribution in [3.8, 4) is 0 Å². The largest absolute Gasteiger partial charge is 0.399 e. The molecule has 4 N–H and O–H groups in total. The molecule has 3 nitrogen and oxygen atoms in total. The Kier molecular flexibility index (Phi) is 3.06. The summed E-state index contributed by atoms with van der Waals surface area (Å²) in [7, 11) is 0. The van der Waals surface area contributed by atoms with Crippen LogP contribution in [0.25, 0.3) is 0 Å². The monoisotopic (exact) mass is 216 g/mol. The molecule has 0 aliphatic heterocycles. The highest BCUT2D eigenvalue weighted by atomic mass is 16.1. The fourth-order valence-corrected chi connectivity index (χ4v) is 2.17. The molecule has 0 heterocycles. The molecule has 0 bridgehead atoms. The number of allylic oxidation sites excluding steroid dienone is 5. The Hall–Kier alpha value is -1.61. The van der Waals surface area contributed by atoms with Crippen molar-refractivity contribution < 1.29 is 4.79 Å². The van der Waals surface area contributed by atoms with Crippen molar-refractivity contribution in [1.82, 2.24) is 0 Å². The van der Waals surface area contributed by atoms with Crippen molar-refractivity contribution >= 4 is 6.29 Å². The van der Waals surface area contributed by atoms with Crippen molar-refractivity contribution in [3.05, 3.63) is 47.2 Å². The first-order chi connectivity index (χ1) is 7.72. The minimum absolute atomic E-state index is 0.0149. The number of carbonyl (C=O) groups excluding carboxylic acids is 1. The summed E-state index contributed by atoms with van der Waals surface area (Å²) in [4.78, 5) is 11.0. The molecule has 0 saturated carbocycles. The predicted molar refractivity (Wildman–Crippen MR) is 64.3 cm³/mol. The summed E-state index contributed by atoms with van der Waals surface area (Å²) >= 11 is 0. The summed E-state index contributed by atoms with van der Waals surface area (Å²) in [6.45, 7) is 0. The zero-order chi connectivity index (χ0) is 11.5. The lowest BCUT2D eigenvalue weighted by Crippen LogP contribution is -2.25. The summed E-state index contributed by atoms with van der Waals surface area (Å²) < 4.78 is 0. The second-order valence-corrected chi connectivity index (χ2v) is 4.18. The molecule has 0 saturated heterocycles. The van der Waals surface area contributed by atoms with Gasteiger partial charge in [0.05, 0.1) is 0 Å². The lowest BCUT2D eigenvalue weighted by atomic mass is 9.81. The molecule has 0 fully saturated rings. The highest BCUT2D eigenvalue weighted by molar-refractivity contribution is 5.77. The normalized spacial score (nSPS) is 29.2. The van der Waals surface area contributed by atoms with Gasteiger partial charge in [0.1, 0.15) is 6.29 Å². The molecule has 0 spiro atoms. The van der Waals surface area contributed by atoms with E-state index in [0.29, 0.717) is 0 Å². The van der Waals surface area contributed by atoms with Crippen LogP contribution < -0.4 is 11.5 Å². The Balaban J connectivity index is 2.31. The molecular weight excluding hydrogens is 200 g/mol. The van der Waals surface area contributed by atoms with Crippen LogP contribution in [0.15, 0.2) is 47.2 Å². The average molecular weight is 216 g/mol. The molecule has 2 unspecified atom stereocenters. The van der Waals surface area contributed by atoms with Crippen molar-refractivity contribution in [2.45, 2.75) is 18.9 Å². The predicted octanol–water partition coefficient (Wildman–Crippen LogP) is 1.19. The van der Waals surface area contributed by atoms with E-state index in [-0.39, 0.29) is 12.0 Å². The van der Waals surface area contributed by atoms with E-state index in [1.807, 2.05) is 30.4 Å². The third-order valence-electron chi connectivity index (χ3n) is 3.05. The summed E-state index contributed by atoms with van der Waals surface area (Å²) in [6, 6.07) is 0.0149. The number of nitrogens with two attached hydrogens (primary N) is 2. The fraction of sp³-hybridized carbons (Fsp3) is 0.308. The van der Waals surface area contributed by atoms with Crippen molar-refractivity contribution in [3.63, 3.8) is 0 Å². The van der Waals surface area contributed by atoms with Crippen LogP contribution in [0, 0.1) is 5.92 Å². The molecule has 0 aromatic carbocycles. The Morgan fingerprint density at radius 1 is 1.38 bits per heavy atom. The highest BCUT2D eigenvalue weighted by Gasteiger charge is 2.23. The van der Waals surface area contributed by atoms with E-state index in [2.05, 4.69) is 0 Å². The number of aldehydes is 1. The van der Waals surface area contributed by atoms with Crippen LogP contribution in [-0.2, 0) is 4.79 Å². The minimum atomic E-state index is 0.0149. The van der Waals surface area contributed by atoms with Gasteiger partial charge in [-0.1, -0.05) is 30.4 Å². The zero-order valence-electron chi connectivity index (χ0n) is 9.10. The fourth-order valence-electron chi connectivity index (χ4n) is 2.17. The summed E-state index contributed by atoms with van der Waals surface area (Å²) in [5.74, 6) is 0.0742. The van der Waals surface area contributed by atoms with Gasteiger partial charge in [0.25, 0.3) is 0 Å². The molecule has 84 valence electrons. The third-order valence-corrected chi connectivity index (χ3v) is 3.05. The first-order valence-corrected chi connectivity index (χ1v) is 5.47. The van der Waals surface area contributed by atoms with Crippen LogP contribution in [0.3, 0.4) is 0 Å². The maximum atomic E-state index is 11.0. The summed E-state index contributed by atoms with van der Waals surface area (Å²) in [5, 5.41) is 0. The summed E-state index contributed by atoms with van der Waals surface area (Å²) in [5.41, 5.74) is 14.4. The van der Waals surface area contributed by atoms with Gasteiger partial charge < -0.3 is 11.5 Å². The van der Waals surface area contributed by atoms with E-state index < -0.39 is 0 Å². The van der Waals surface area contributed by atoms with Crippen LogP contribution >= 0.6 is 0 Å². The van der Waals surface area contributed by atoms with E-state index in [0.717, 1.165) is 36.0 Å². The van der Waals surface area contributed by atoms with Gasteiger partial charge in [-0.05, 0) is 24.0 Å². The second kappa shape index (κ2) is 4.49. The maximum absolute atomic E-state index is 11.0. The van der Waals surface area contributed by atoms with Crippen molar-refractivity contribution in [2.75, 3.05) is 0 Å². The number of hydrogen-bond acceptors (Lipinski definition) is 3. The van der Waals surface area contributed by atoms with E-state index in [4.69, 9.17) is 11.5 Å². The zero-order valence-corrected chi connectivity index (χ0v) is 9.10. The Morgan fingerprint density at radius 2 is 2.19 bits per heavy atom. The molecule has 2 aliphatic rings. The number of carbonyl (C=O) groups is 1. The molecule has 3 heteroatoms. The average Bonchev–Trinajstić information content (AvgIpc) is 2.32. The van der Waals surface area contributed by atoms with Gasteiger partial charge in [0, 0.05) is 17.7 Å². The van der Waals surface area contributed by atoms with Crippen LogP contribution in [0.2, 0.25) is 0 Å². The van der Waals surface area contributed by atoms with E-state index in [1.165, 1.54) is 0 Å². The standard InChI is InChI=1S/C13H16N2O/c14-10-5-6-13(15)12(7-10)11-4-2-1-3-9(11)8-16/h1-3,6-8,10-11H,4-5,14-15H2. The SMILES string of the molecule is NC1=CCC(N)C=C1C1CC=CC=C1C=O. The molecule has 2 aliphatic carbocycles. The van der Waals surface area contributed by atoms with E-state index in [9.17, 15) is 4.79 Å². The second-order valence-electron chi connectivity index (χ2n) is 4.18. The third kappa shape index (κ3) is 1.99. The first kappa shape index (κ1) is 10.9. The van der Waals surface area contributed by atoms with Gasteiger partial charge >= 0.3 is 0 Å². The van der Waals surface area contributed by atoms with Crippen LogP contribution in [-0.4, -0.2) is 12.3 Å². The van der Waals surface area contributed by atoms with Gasteiger partial charge in [-0.25, -0.2) is 0 Å². The molecule has 16 heavy (non-hydrogen) atoms. The Bertz CT molecular complexity index is 416. The van der Waals surface area contributed by atoms with Gasteiger partial charge in [-0.2, -0.15) is 0 Å². The van der Waals surface area contributed by atoms with E-state index in [1.54, 1.807) is 0 Å². The van der Waals surface area contributed by atoms with Crippen molar-refractivity contribution in [1.29, 1.82) is 0 Å². The molecule has 0 radical (unpaired) electrons. The minimum Gasteiger partial charge on any atom is -0.399 e. The van der Waals surface area contributed by atoms with Gasteiger partial charge in [0.2, 0.25) is 0 Å². The van der Waals surface area contributed by atoms with Crippen LogP contribution in [0.4, 0.5) is 0 Å². The van der Waals surface area contributed by atoms with Crippen molar-refractivity contribution in [2.24, 2.45) is 17.4 Å². The lowest BCUT2D eigenvalue weighted by Gasteiger charge is -2.25. The molecule has 0 amide bonds. The van der Waals surface area contributed by atoms with Gasteiger partial charge in [0.15, 0.2) is 0 Å². The molecular formula is C13H16N2O. The smallest absolute Gasteiger partial charge is 0.146 e. The lowest BCUT2D eigenvalue weighted by molar-refractivity contribution is -0.105. The molecule has 2 atom stereocenters. The Labute approximate surface area is 95.2 Å².